The van der Waals surface area contributed by atoms with Gasteiger partial charge in [0, 0.05) is 18.1 Å². The van der Waals surface area contributed by atoms with E-state index in [1.54, 1.807) is 0 Å². The normalized spacial score (nSPS) is 21.1. The minimum atomic E-state index is -1.24. The maximum Gasteiger partial charge on any atom is 0.407 e. The summed E-state index contributed by atoms with van der Waals surface area (Å²) >= 11 is 0. The smallest absolute Gasteiger partial charge is 0.407 e. The molecule has 1 aromatic carbocycles. The molecule has 4 saturated carbocycles. The van der Waals surface area contributed by atoms with Crippen LogP contribution in [0.3, 0.4) is 0 Å². The Balaban J connectivity index is 0.000000248. The van der Waals surface area contributed by atoms with Crippen LogP contribution in [0, 0.1) is 11.8 Å². The molecule has 10 nitrogen and oxygen atoms in total. The molecule has 5 rings (SSSR count). The van der Waals surface area contributed by atoms with Gasteiger partial charge in [-0.25, -0.2) is 4.79 Å². The summed E-state index contributed by atoms with van der Waals surface area (Å²) in [6, 6.07) is 8.85. The average Bonchev–Trinajstić information content (AvgIpc) is 3.84. The van der Waals surface area contributed by atoms with Gasteiger partial charge in [0.2, 0.25) is 0 Å². The molecule has 0 bridgehead atoms. The molecular formula is C31H50N4O6. The van der Waals surface area contributed by atoms with Crippen LogP contribution in [-0.4, -0.2) is 64.5 Å². The van der Waals surface area contributed by atoms with E-state index in [2.05, 4.69) is 16.0 Å². The van der Waals surface area contributed by atoms with Gasteiger partial charge in [0.15, 0.2) is 6.10 Å². The molecule has 4 aliphatic rings. The monoisotopic (exact) mass is 574 g/mol. The van der Waals surface area contributed by atoms with Crippen LogP contribution in [0.1, 0.15) is 90.0 Å². The van der Waals surface area contributed by atoms with Crippen LogP contribution >= 0.6 is 0 Å². The van der Waals surface area contributed by atoms with Gasteiger partial charge < -0.3 is 36.6 Å². The number of amides is 3. The summed E-state index contributed by atoms with van der Waals surface area (Å²) in [6.45, 7) is 0.160. The Morgan fingerprint density at radius 2 is 1.32 bits per heavy atom. The van der Waals surface area contributed by atoms with Crippen molar-refractivity contribution in [1.29, 1.82) is 0 Å². The highest BCUT2D eigenvalue weighted by molar-refractivity contribution is 5.83. The second-order valence-electron chi connectivity index (χ2n) is 12.0. The summed E-state index contributed by atoms with van der Waals surface area (Å²) in [5.41, 5.74) is 6.70. The van der Waals surface area contributed by atoms with Crippen molar-refractivity contribution in [2.24, 2.45) is 17.6 Å². The van der Waals surface area contributed by atoms with Gasteiger partial charge in [-0.15, -0.1) is 0 Å². The maximum atomic E-state index is 12.1. The van der Waals surface area contributed by atoms with Crippen LogP contribution < -0.4 is 21.7 Å². The summed E-state index contributed by atoms with van der Waals surface area (Å²) in [4.78, 5) is 35.7. The lowest BCUT2D eigenvalue weighted by atomic mass is 9.80. The average molecular weight is 575 g/mol. The molecule has 0 saturated heterocycles. The number of hydrogen-bond acceptors (Lipinski definition) is 7. The number of nitrogens with one attached hydrogen (secondary N) is 3. The van der Waals surface area contributed by atoms with Crippen LogP contribution in [0.5, 0.6) is 0 Å². The lowest BCUT2D eigenvalue weighted by molar-refractivity contribution is -0.131. The zero-order valence-electron chi connectivity index (χ0n) is 23.3. The molecule has 10 heteroatoms. The van der Waals surface area contributed by atoms with E-state index < -0.39 is 36.3 Å². The molecular weight excluding hydrogens is 524 g/mol. The zero-order chi connectivity index (χ0) is 28.5. The minimum absolute atomic E-state index is 0. The Bertz CT molecular complexity index is 963. The Labute approximate surface area is 244 Å². The number of hydrogen-bond donors (Lipinski definition) is 6. The molecule has 0 heterocycles. The lowest BCUT2D eigenvalue weighted by Crippen LogP contribution is -2.52. The van der Waals surface area contributed by atoms with Gasteiger partial charge in [-0.3, -0.25) is 9.59 Å². The van der Waals surface area contributed by atoms with Gasteiger partial charge in [-0.1, -0.05) is 76.3 Å². The van der Waals surface area contributed by atoms with E-state index in [0.29, 0.717) is 24.3 Å². The van der Waals surface area contributed by atoms with Crippen LogP contribution in [0.25, 0.3) is 0 Å². The van der Waals surface area contributed by atoms with Crippen LogP contribution in [-0.2, 0) is 20.9 Å². The molecule has 0 aromatic heterocycles. The van der Waals surface area contributed by atoms with E-state index >= 15 is 0 Å². The van der Waals surface area contributed by atoms with Crippen LogP contribution in [0.2, 0.25) is 0 Å². The molecule has 0 aliphatic heterocycles. The molecule has 230 valence electrons. The highest BCUT2D eigenvalue weighted by Crippen LogP contribution is 2.32. The maximum absolute atomic E-state index is 12.1. The Hall–Kier alpha value is -2.69. The van der Waals surface area contributed by atoms with Crippen molar-refractivity contribution in [2.75, 3.05) is 0 Å². The van der Waals surface area contributed by atoms with Crippen molar-refractivity contribution in [1.82, 2.24) is 16.0 Å². The fourth-order valence-corrected chi connectivity index (χ4v) is 4.92. The third-order valence-electron chi connectivity index (χ3n) is 8.33. The van der Waals surface area contributed by atoms with Crippen molar-refractivity contribution in [3.8, 4) is 0 Å². The Morgan fingerprint density at radius 1 is 0.805 bits per heavy atom. The summed E-state index contributed by atoms with van der Waals surface area (Å²) in [5, 5.41) is 28.3. The second kappa shape index (κ2) is 16.1. The number of ether oxygens (including phenoxy) is 1. The molecule has 4 unspecified atom stereocenters. The highest BCUT2D eigenvalue weighted by atomic mass is 16.5. The zero-order valence-corrected chi connectivity index (χ0v) is 23.3. The molecule has 1 aromatic rings. The number of nitrogens with two attached hydrogens (primary N) is 1. The largest absolute Gasteiger partial charge is 0.445 e. The highest BCUT2D eigenvalue weighted by Gasteiger charge is 2.35. The quantitative estimate of drug-likeness (QED) is 0.211. The SMILES string of the molecule is C.NC(CC1CCC1)C(O)C(=O)NC1CC1.O=C(NC(CC1CCC1)C(O)C(=O)NC1CC1)OCc1ccccc1. The molecule has 3 amide bonds. The number of aliphatic hydroxyl groups excluding tert-OH is 2. The molecule has 4 fully saturated rings. The van der Waals surface area contributed by atoms with E-state index in [0.717, 1.165) is 50.5 Å². The number of benzene rings is 1. The number of aliphatic hydroxyl groups is 2. The van der Waals surface area contributed by atoms with Crippen LogP contribution in [0.15, 0.2) is 30.3 Å². The first-order valence-corrected chi connectivity index (χ1v) is 15.0. The minimum Gasteiger partial charge on any atom is -0.445 e. The fraction of sp³-hybridized carbons (Fsp3) is 0.710. The van der Waals surface area contributed by atoms with Crippen molar-refractivity contribution in [2.45, 2.75) is 127 Å². The summed E-state index contributed by atoms with van der Waals surface area (Å²) in [7, 11) is 0. The first-order valence-electron chi connectivity index (χ1n) is 15.0. The number of rotatable bonds is 13. The lowest BCUT2D eigenvalue weighted by Gasteiger charge is -2.31. The third-order valence-corrected chi connectivity index (χ3v) is 8.33. The van der Waals surface area contributed by atoms with Crippen molar-refractivity contribution in [3.05, 3.63) is 35.9 Å². The van der Waals surface area contributed by atoms with Gasteiger partial charge in [0.05, 0.1) is 6.04 Å². The summed E-state index contributed by atoms with van der Waals surface area (Å²) in [5.74, 6) is 0.380. The second-order valence-corrected chi connectivity index (χ2v) is 12.0. The number of carbonyl (C=O) groups is 3. The standard InChI is InChI=1S/C19H26N2O4.C11H20N2O2.CH4/c22-17(18(23)20-15-9-10-15)16(11-13-7-4-8-13)21-19(24)25-12-14-5-2-1-3-6-14;12-9(6-7-2-1-3-7)10(14)11(15)13-8-4-5-8;/h1-3,5-6,13,15-17,22H,4,7-12H2,(H,20,23)(H,21,24);7-10,14H,1-6,12H2,(H,13,15);1H4. The van der Waals surface area contributed by atoms with E-state index in [1.165, 1.54) is 25.7 Å². The molecule has 4 aliphatic carbocycles. The van der Waals surface area contributed by atoms with Crippen LogP contribution in [0.4, 0.5) is 4.79 Å². The Morgan fingerprint density at radius 3 is 1.80 bits per heavy atom. The molecule has 7 N–H and O–H groups in total. The van der Waals surface area contributed by atoms with Crippen molar-refractivity contribution >= 4 is 17.9 Å². The first kappa shape index (κ1) is 32.8. The molecule has 0 spiro atoms. The summed E-state index contributed by atoms with van der Waals surface area (Å²) in [6.07, 6.45) is 9.48. The Kier molecular flexibility index (Phi) is 12.9. The van der Waals surface area contributed by atoms with Gasteiger partial charge in [-0.05, 0) is 55.9 Å². The van der Waals surface area contributed by atoms with Gasteiger partial charge in [-0.2, -0.15) is 0 Å². The van der Waals surface area contributed by atoms with Gasteiger partial charge >= 0.3 is 6.09 Å². The number of alkyl carbamates (subject to hydrolysis) is 1. The van der Waals surface area contributed by atoms with Gasteiger partial charge in [0.1, 0.15) is 12.7 Å². The van der Waals surface area contributed by atoms with E-state index in [1.807, 2.05) is 30.3 Å². The predicted molar refractivity (Wildman–Crippen MR) is 157 cm³/mol. The first-order chi connectivity index (χ1) is 19.3. The van der Waals surface area contributed by atoms with Crippen molar-refractivity contribution in [3.63, 3.8) is 0 Å². The third kappa shape index (κ3) is 11.2. The molecule has 41 heavy (non-hydrogen) atoms. The van der Waals surface area contributed by atoms with Gasteiger partial charge in [0.25, 0.3) is 11.8 Å². The van der Waals surface area contributed by atoms with E-state index in [4.69, 9.17) is 10.5 Å². The summed E-state index contributed by atoms with van der Waals surface area (Å²) < 4.78 is 5.22. The number of carbonyl (C=O) groups excluding carboxylic acids is 3. The topological polar surface area (TPSA) is 163 Å². The molecule has 4 atom stereocenters. The molecule has 0 radical (unpaired) electrons. The van der Waals surface area contributed by atoms with E-state index in [-0.39, 0.29) is 26.0 Å². The fourth-order valence-electron chi connectivity index (χ4n) is 4.92. The van der Waals surface area contributed by atoms with Crippen molar-refractivity contribution < 1.29 is 29.3 Å². The predicted octanol–water partition coefficient (Wildman–Crippen LogP) is 2.89. The van der Waals surface area contributed by atoms with E-state index in [9.17, 15) is 24.6 Å².